The van der Waals surface area contributed by atoms with Crippen LogP contribution in [0.3, 0.4) is 0 Å². The van der Waals surface area contributed by atoms with Crippen molar-refractivity contribution in [2.75, 3.05) is 26.9 Å². The van der Waals surface area contributed by atoms with E-state index < -0.39 is 0 Å². The van der Waals surface area contributed by atoms with E-state index in [0.29, 0.717) is 19.8 Å². The van der Waals surface area contributed by atoms with Gasteiger partial charge in [-0.25, -0.2) is 0 Å². The van der Waals surface area contributed by atoms with E-state index in [0.717, 1.165) is 0 Å². The molecule has 3 heteroatoms. The first-order valence-electron chi connectivity index (χ1n) is 3.31. The van der Waals surface area contributed by atoms with Crippen molar-refractivity contribution in [3.63, 3.8) is 0 Å². The van der Waals surface area contributed by atoms with E-state index in [1.165, 1.54) is 6.79 Å². The lowest BCUT2D eigenvalue weighted by atomic mass is 9.94. The van der Waals surface area contributed by atoms with Crippen molar-refractivity contribution in [2.24, 2.45) is 5.41 Å². The first-order valence-corrected chi connectivity index (χ1v) is 3.31. The minimum absolute atomic E-state index is 0.0312. The smallest absolute Gasteiger partial charge is 0.209 e. The maximum Gasteiger partial charge on any atom is 0.209 e. The Bertz CT molecular complexity index is 91.5. The van der Waals surface area contributed by atoms with Crippen LogP contribution in [0.4, 0.5) is 0 Å². The van der Waals surface area contributed by atoms with Crippen molar-refractivity contribution < 1.29 is 14.2 Å². The molecule has 0 amide bonds. The highest BCUT2D eigenvalue weighted by molar-refractivity contribution is 4.75. The van der Waals surface area contributed by atoms with Crippen LogP contribution in [0.2, 0.25) is 0 Å². The SMILES string of the molecule is COCC1(C)CO[CH]OC1. The van der Waals surface area contributed by atoms with Crippen LogP contribution in [0.5, 0.6) is 0 Å². The summed E-state index contributed by atoms with van der Waals surface area (Å²) in [7, 11) is 1.68. The molecule has 0 atom stereocenters. The molecular formula is C7H13O3. The Morgan fingerprint density at radius 1 is 1.50 bits per heavy atom. The molecule has 0 aliphatic carbocycles. The lowest BCUT2D eigenvalue weighted by Crippen LogP contribution is -2.36. The zero-order valence-corrected chi connectivity index (χ0v) is 6.42. The van der Waals surface area contributed by atoms with Gasteiger partial charge in [0.1, 0.15) is 0 Å². The van der Waals surface area contributed by atoms with Crippen LogP contribution in [0.1, 0.15) is 6.92 Å². The van der Waals surface area contributed by atoms with Crippen molar-refractivity contribution in [1.82, 2.24) is 0 Å². The quantitative estimate of drug-likeness (QED) is 0.575. The first kappa shape index (κ1) is 7.98. The lowest BCUT2D eigenvalue weighted by Gasteiger charge is -2.31. The minimum Gasteiger partial charge on any atom is -0.384 e. The molecule has 0 aromatic heterocycles. The molecule has 10 heavy (non-hydrogen) atoms. The fourth-order valence-corrected chi connectivity index (χ4v) is 0.992. The Balaban J connectivity index is 2.32. The van der Waals surface area contributed by atoms with Crippen LogP contribution in [0.15, 0.2) is 0 Å². The van der Waals surface area contributed by atoms with Gasteiger partial charge < -0.3 is 14.2 Å². The normalized spacial score (nSPS) is 24.6. The van der Waals surface area contributed by atoms with Gasteiger partial charge in [0.2, 0.25) is 6.79 Å². The second-order valence-electron chi connectivity index (χ2n) is 2.96. The van der Waals surface area contributed by atoms with E-state index >= 15 is 0 Å². The predicted octanol–water partition coefficient (Wildman–Crippen LogP) is 0.805. The van der Waals surface area contributed by atoms with Crippen LogP contribution in [0.25, 0.3) is 0 Å². The fraction of sp³-hybridized carbons (Fsp3) is 0.857. The Labute approximate surface area is 61.3 Å². The van der Waals surface area contributed by atoms with E-state index in [-0.39, 0.29) is 5.41 Å². The monoisotopic (exact) mass is 145 g/mol. The van der Waals surface area contributed by atoms with E-state index in [1.807, 2.05) is 0 Å². The van der Waals surface area contributed by atoms with Gasteiger partial charge in [-0.1, -0.05) is 6.92 Å². The van der Waals surface area contributed by atoms with Crippen LogP contribution >= 0.6 is 0 Å². The molecule has 1 aliphatic heterocycles. The number of ether oxygens (including phenoxy) is 3. The molecule has 1 fully saturated rings. The Morgan fingerprint density at radius 2 is 2.10 bits per heavy atom. The Kier molecular flexibility index (Phi) is 2.65. The first-order chi connectivity index (χ1) is 4.77. The summed E-state index contributed by atoms with van der Waals surface area (Å²) in [5.41, 5.74) is 0.0312. The number of hydrogen-bond acceptors (Lipinski definition) is 3. The second-order valence-corrected chi connectivity index (χ2v) is 2.96. The summed E-state index contributed by atoms with van der Waals surface area (Å²) in [5.74, 6) is 0. The molecule has 1 rings (SSSR count). The largest absolute Gasteiger partial charge is 0.384 e. The van der Waals surface area contributed by atoms with E-state index in [9.17, 15) is 0 Å². The van der Waals surface area contributed by atoms with Gasteiger partial charge in [0.25, 0.3) is 0 Å². The number of methoxy groups -OCH3 is 1. The van der Waals surface area contributed by atoms with Gasteiger partial charge in [-0.15, -0.1) is 0 Å². The lowest BCUT2D eigenvalue weighted by molar-refractivity contribution is -0.124. The van der Waals surface area contributed by atoms with Crippen LogP contribution in [-0.2, 0) is 14.2 Å². The van der Waals surface area contributed by atoms with Crippen molar-refractivity contribution in [1.29, 1.82) is 0 Å². The average molecular weight is 145 g/mol. The van der Waals surface area contributed by atoms with Crippen LogP contribution in [-0.4, -0.2) is 26.9 Å². The van der Waals surface area contributed by atoms with E-state index in [1.54, 1.807) is 7.11 Å². The summed E-state index contributed by atoms with van der Waals surface area (Å²) in [5, 5.41) is 0. The maximum atomic E-state index is 5.01. The molecule has 0 spiro atoms. The fourth-order valence-electron chi connectivity index (χ4n) is 0.992. The van der Waals surface area contributed by atoms with Gasteiger partial charge in [-0.05, 0) is 0 Å². The van der Waals surface area contributed by atoms with E-state index in [4.69, 9.17) is 14.2 Å². The molecule has 1 saturated heterocycles. The van der Waals surface area contributed by atoms with Gasteiger partial charge >= 0.3 is 0 Å². The highest BCUT2D eigenvalue weighted by Gasteiger charge is 2.28. The molecule has 59 valence electrons. The summed E-state index contributed by atoms with van der Waals surface area (Å²) in [6.45, 7) is 5.50. The Morgan fingerprint density at radius 3 is 2.60 bits per heavy atom. The van der Waals surface area contributed by atoms with Crippen molar-refractivity contribution in [3.05, 3.63) is 6.79 Å². The third-order valence-electron chi connectivity index (χ3n) is 1.49. The molecule has 1 heterocycles. The summed E-state index contributed by atoms with van der Waals surface area (Å²) in [6, 6.07) is 0. The highest BCUT2D eigenvalue weighted by atomic mass is 16.7. The summed E-state index contributed by atoms with van der Waals surface area (Å²) >= 11 is 0. The number of rotatable bonds is 2. The molecule has 0 saturated carbocycles. The van der Waals surface area contributed by atoms with Crippen molar-refractivity contribution in [2.45, 2.75) is 6.92 Å². The van der Waals surface area contributed by atoms with Gasteiger partial charge in [0.15, 0.2) is 0 Å². The molecule has 0 aromatic carbocycles. The molecule has 3 nitrogen and oxygen atoms in total. The highest BCUT2D eigenvalue weighted by Crippen LogP contribution is 2.22. The van der Waals surface area contributed by atoms with Crippen LogP contribution in [0, 0.1) is 12.2 Å². The zero-order chi connectivity index (χ0) is 7.45. The number of hydrogen-bond donors (Lipinski definition) is 0. The molecule has 1 aliphatic rings. The van der Waals surface area contributed by atoms with Crippen molar-refractivity contribution in [3.8, 4) is 0 Å². The standard InChI is InChI=1S/C7H13O3/c1-7(3-8-2)4-9-6-10-5-7/h6H,3-5H2,1-2H3. The Hall–Kier alpha value is -0.120. The van der Waals surface area contributed by atoms with Gasteiger partial charge in [-0.2, -0.15) is 0 Å². The third kappa shape index (κ3) is 1.94. The average Bonchev–Trinajstić information content (AvgIpc) is 1.89. The van der Waals surface area contributed by atoms with Crippen LogP contribution < -0.4 is 0 Å². The second kappa shape index (κ2) is 3.32. The van der Waals surface area contributed by atoms with Gasteiger partial charge in [0.05, 0.1) is 19.8 Å². The molecule has 1 radical (unpaired) electrons. The van der Waals surface area contributed by atoms with Crippen molar-refractivity contribution >= 4 is 0 Å². The summed E-state index contributed by atoms with van der Waals surface area (Å²) in [6.07, 6.45) is 0. The predicted molar refractivity (Wildman–Crippen MR) is 36.2 cm³/mol. The zero-order valence-electron chi connectivity index (χ0n) is 6.42. The maximum absolute atomic E-state index is 5.01. The third-order valence-corrected chi connectivity index (χ3v) is 1.49. The molecule has 0 aromatic rings. The molecular weight excluding hydrogens is 132 g/mol. The minimum atomic E-state index is 0.0312. The summed E-state index contributed by atoms with van der Waals surface area (Å²) in [4.78, 5) is 0. The molecule has 0 bridgehead atoms. The topological polar surface area (TPSA) is 27.7 Å². The summed E-state index contributed by atoms with van der Waals surface area (Å²) < 4.78 is 15.0. The van der Waals surface area contributed by atoms with Gasteiger partial charge in [0, 0.05) is 12.5 Å². The molecule has 0 unspecified atom stereocenters. The van der Waals surface area contributed by atoms with Gasteiger partial charge in [-0.3, -0.25) is 0 Å². The van der Waals surface area contributed by atoms with E-state index in [2.05, 4.69) is 6.92 Å². The molecule has 0 N–H and O–H groups in total.